The Labute approximate surface area is 116 Å². The summed E-state index contributed by atoms with van der Waals surface area (Å²) >= 11 is 6.10. The van der Waals surface area contributed by atoms with Crippen molar-refractivity contribution in [2.24, 2.45) is 0 Å². The third-order valence-electron chi connectivity index (χ3n) is 2.69. The molecule has 0 bridgehead atoms. The lowest BCUT2D eigenvalue weighted by atomic mass is 10.1. The van der Waals surface area contributed by atoms with Gasteiger partial charge in [0.2, 0.25) is 6.79 Å². The number of hydrogen-bond acceptors (Lipinski definition) is 5. The van der Waals surface area contributed by atoms with Crippen LogP contribution in [0.25, 0.3) is 0 Å². The number of esters is 1. The highest BCUT2D eigenvalue weighted by Crippen LogP contribution is 2.41. The zero-order valence-electron chi connectivity index (χ0n) is 10.4. The fraction of sp³-hybridized carbons (Fsp3) is 0.308. The predicted molar refractivity (Wildman–Crippen MR) is 70.5 cm³/mol. The van der Waals surface area contributed by atoms with Gasteiger partial charge >= 0.3 is 5.97 Å². The van der Waals surface area contributed by atoms with Crippen molar-refractivity contribution in [1.29, 1.82) is 0 Å². The summed E-state index contributed by atoms with van der Waals surface area (Å²) in [5, 5.41) is 3.41. The number of benzene rings is 1. The number of carbonyl (C=O) groups excluding carboxylic acids is 1. The van der Waals surface area contributed by atoms with Gasteiger partial charge in [0.05, 0.1) is 12.1 Å². The Bertz CT molecular complexity index is 504. The first-order valence-electron chi connectivity index (χ1n) is 5.68. The molecule has 1 aromatic carbocycles. The van der Waals surface area contributed by atoms with E-state index < -0.39 is 12.0 Å². The van der Waals surface area contributed by atoms with E-state index in [1.54, 1.807) is 18.2 Å². The summed E-state index contributed by atoms with van der Waals surface area (Å²) in [6, 6.07) is 2.74. The second-order valence-corrected chi connectivity index (χ2v) is 4.30. The smallest absolute Gasteiger partial charge is 0.327 e. The molecule has 1 aliphatic heterocycles. The quantitative estimate of drug-likeness (QED) is 0.662. The van der Waals surface area contributed by atoms with Crippen LogP contribution in [0.15, 0.2) is 24.8 Å². The third kappa shape index (κ3) is 2.83. The summed E-state index contributed by atoms with van der Waals surface area (Å²) in [6.07, 6.45) is 1.66. The maximum absolute atomic E-state index is 11.8. The number of carbonyl (C=O) groups is 1. The van der Waals surface area contributed by atoms with Gasteiger partial charge in [-0.05, 0) is 17.7 Å². The van der Waals surface area contributed by atoms with Crippen LogP contribution in [0.4, 0.5) is 0 Å². The van der Waals surface area contributed by atoms with Crippen molar-refractivity contribution < 1.29 is 19.0 Å². The van der Waals surface area contributed by atoms with Crippen LogP contribution in [0.2, 0.25) is 5.02 Å². The fourth-order valence-corrected chi connectivity index (χ4v) is 2.08. The van der Waals surface area contributed by atoms with Crippen molar-refractivity contribution in [1.82, 2.24) is 5.32 Å². The summed E-state index contributed by atoms with van der Waals surface area (Å²) in [6.45, 7) is 4.19. The van der Waals surface area contributed by atoms with Gasteiger partial charge in [-0.15, -0.1) is 6.58 Å². The first-order chi connectivity index (χ1) is 9.17. The average molecular weight is 284 g/mol. The molecule has 102 valence electrons. The Kier molecular flexibility index (Phi) is 4.29. The molecule has 0 aliphatic carbocycles. The monoisotopic (exact) mass is 283 g/mol. The molecule has 0 fully saturated rings. The molecule has 1 atom stereocenters. The van der Waals surface area contributed by atoms with E-state index in [1.165, 1.54) is 7.11 Å². The molecular weight excluding hydrogens is 270 g/mol. The SMILES string of the molecule is C=CCNC(C(=O)OC)c1cc(Cl)c2c(c1)OCO2. The molecule has 5 nitrogen and oxygen atoms in total. The number of fused-ring (bicyclic) bond motifs is 1. The summed E-state index contributed by atoms with van der Waals surface area (Å²) < 4.78 is 15.3. The minimum Gasteiger partial charge on any atom is -0.468 e. The van der Waals surface area contributed by atoms with Gasteiger partial charge < -0.3 is 14.2 Å². The molecule has 0 saturated heterocycles. The lowest BCUT2D eigenvalue weighted by Crippen LogP contribution is -2.29. The average Bonchev–Trinajstić information content (AvgIpc) is 2.87. The topological polar surface area (TPSA) is 56.8 Å². The fourth-order valence-electron chi connectivity index (χ4n) is 1.81. The zero-order chi connectivity index (χ0) is 13.8. The Morgan fingerprint density at radius 1 is 1.63 bits per heavy atom. The van der Waals surface area contributed by atoms with E-state index >= 15 is 0 Å². The Balaban J connectivity index is 2.33. The van der Waals surface area contributed by atoms with Crippen molar-refractivity contribution in [3.8, 4) is 11.5 Å². The highest BCUT2D eigenvalue weighted by atomic mass is 35.5. The molecule has 1 aliphatic rings. The van der Waals surface area contributed by atoms with E-state index in [1.807, 2.05) is 0 Å². The molecule has 1 aromatic rings. The summed E-state index contributed by atoms with van der Waals surface area (Å²) in [4.78, 5) is 11.8. The second-order valence-electron chi connectivity index (χ2n) is 3.89. The maximum Gasteiger partial charge on any atom is 0.327 e. The number of nitrogens with one attached hydrogen (secondary N) is 1. The molecule has 0 radical (unpaired) electrons. The van der Waals surface area contributed by atoms with Crippen LogP contribution in [0.3, 0.4) is 0 Å². The van der Waals surface area contributed by atoms with Crippen molar-refractivity contribution in [3.63, 3.8) is 0 Å². The van der Waals surface area contributed by atoms with Gasteiger partial charge in [-0.2, -0.15) is 0 Å². The molecule has 6 heteroatoms. The van der Waals surface area contributed by atoms with Crippen molar-refractivity contribution in [2.75, 3.05) is 20.4 Å². The number of halogens is 1. The molecule has 19 heavy (non-hydrogen) atoms. The van der Waals surface area contributed by atoms with Crippen molar-refractivity contribution in [3.05, 3.63) is 35.4 Å². The molecule has 0 saturated carbocycles. The molecule has 1 N–H and O–H groups in total. The van der Waals surface area contributed by atoms with Gasteiger partial charge in [-0.1, -0.05) is 17.7 Å². The van der Waals surface area contributed by atoms with E-state index in [9.17, 15) is 4.79 Å². The van der Waals surface area contributed by atoms with E-state index in [0.717, 1.165) is 0 Å². The number of methoxy groups -OCH3 is 1. The van der Waals surface area contributed by atoms with E-state index in [0.29, 0.717) is 28.6 Å². The number of rotatable bonds is 5. The van der Waals surface area contributed by atoms with Crippen LogP contribution in [-0.2, 0) is 9.53 Å². The summed E-state index contributed by atoms with van der Waals surface area (Å²) in [5.41, 5.74) is 0.656. The number of hydrogen-bond donors (Lipinski definition) is 1. The first-order valence-corrected chi connectivity index (χ1v) is 6.06. The van der Waals surface area contributed by atoms with Crippen LogP contribution < -0.4 is 14.8 Å². The largest absolute Gasteiger partial charge is 0.468 e. The molecule has 2 rings (SSSR count). The number of ether oxygens (including phenoxy) is 3. The lowest BCUT2D eigenvalue weighted by Gasteiger charge is -2.16. The summed E-state index contributed by atoms with van der Waals surface area (Å²) in [7, 11) is 1.33. The standard InChI is InChI=1S/C13H14ClNO4/c1-3-4-15-11(13(16)17-2)8-5-9(14)12-10(6-8)18-7-19-12/h3,5-6,11,15H,1,4,7H2,2H3. The minimum absolute atomic E-state index is 0.126. The highest BCUT2D eigenvalue weighted by molar-refractivity contribution is 6.32. The van der Waals surface area contributed by atoms with Gasteiger partial charge in [-0.3, -0.25) is 5.32 Å². The molecule has 0 amide bonds. The Morgan fingerprint density at radius 3 is 3.11 bits per heavy atom. The third-order valence-corrected chi connectivity index (χ3v) is 2.97. The Morgan fingerprint density at radius 2 is 2.42 bits per heavy atom. The van der Waals surface area contributed by atoms with Gasteiger partial charge in [-0.25, -0.2) is 4.79 Å². The van der Waals surface area contributed by atoms with Crippen LogP contribution in [0.5, 0.6) is 11.5 Å². The first kappa shape index (κ1) is 13.7. The van der Waals surface area contributed by atoms with Crippen LogP contribution in [0.1, 0.15) is 11.6 Å². The van der Waals surface area contributed by atoms with Gasteiger partial charge in [0.15, 0.2) is 11.5 Å². The van der Waals surface area contributed by atoms with Gasteiger partial charge in [0.1, 0.15) is 6.04 Å². The van der Waals surface area contributed by atoms with Crippen LogP contribution in [-0.4, -0.2) is 26.4 Å². The molecule has 0 aromatic heterocycles. The maximum atomic E-state index is 11.8. The normalized spacial score (nSPS) is 14.0. The van der Waals surface area contributed by atoms with Gasteiger partial charge in [0.25, 0.3) is 0 Å². The van der Waals surface area contributed by atoms with E-state index in [-0.39, 0.29) is 6.79 Å². The molecular formula is C13H14ClNO4. The molecule has 1 unspecified atom stereocenters. The molecule has 0 spiro atoms. The lowest BCUT2D eigenvalue weighted by molar-refractivity contribution is -0.143. The molecule has 1 heterocycles. The van der Waals surface area contributed by atoms with Crippen LogP contribution in [0, 0.1) is 0 Å². The Hall–Kier alpha value is -1.72. The predicted octanol–water partition coefficient (Wildman–Crippen LogP) is 2.06. The van der Waals surface area contributed by atoms with Gasteiger partial charge in [0, 0.05) is 6.54 Å². The van der Waals surface area contributed by atoms with E-state index in [4.69, 9.17) is 25.8 Å². The summed E-state index contributed by atoms with van der Waals surface area (Å²) in [5.74, 6) is 0.617. The van der Waals surface area contributed by atoms with E-state index in [2.05, 4.69) is 11.9 Å². The second kappa shape index (κ2) is 5.95. The van der Waals surface area contributed by atoms with Crippen molar-refractivity contribution in [2.45, 2.75) is 6.04 Å². The van der Waals surface area contributed by atoms with Crippen LogP contribution >= 0.6 is 11.6 Å². The zero-order valence-corrected chi connectivity index (χ0v) is 11.2. The van der Waals surface area contributed by atoms with Crippen molar-refractivity contribution >= 4 is 17.6 Å². The highest BCUT2D eigenvalue weighted by Gasteiger charge is 2.25. The minimum atomic E-state index is -0.630.